The summed E-state index contributed by atoms with van der Waals surface area (Å²) in [5, 5.41) is 1.33. The van der Waals surface area contributed by atoms with E-state index in [9.17, 15) is 4.79 Å². The first-order valence-electron chi connectivity index (χ1n) is 4.94. The lowest BCUT2D eigenvalue weighted by atomic mass is 10.0. The van der Waals surface area contributed by atoms with E-state index in [1.54, 1.807) is 36.4 Å². The number of carbonyl (C=O) groups excluding carboxylic acids is 1. The van der Waals surface area contributed by atoms with Gasteiger partial charge in [-0.05, 0) is 52.3 Å². The van der Waals surface area contributed by atoms with Gasteiger partial charge in [0.2, 0.25) is 0 Å². The molecule has 0 bridgehead atoms. The average Bonchev–Trinajstić information content (AvgIpc) is 2.35. The molecule has 0 aliphatic heterocycles. The second-order valence-corrected chi connectivity index (χ2v) is 5.66. The highest BCUT2D eigenvalue weighted by Gasteiger charge is 2.12. The van der Waals surface area contributed by atoms with Crippen LogP contribution in [0.2, 0.25) is 15.1 Å². The zero-order chi connectivity index (χ0) is 13.3. The normalized spacial score (nSPS) is 10.4. The third-order valence-corrected chi connectivity index (χ3v) is 4.32. The van der Waals surface area contributed by atoms with E-state index in [-0.39, 0.29) is 5.78 Å². The van der Waals surface area contributed by atoms with Gasteiger partial charge in [-0.25, -0.2) is 0 Å². The maximum absolute atomic E-state index is 12.2. The molecule has 0 saturated heterocycles. The second kappa shape index (κ2) is 5.62. The van der Waals surface area contributed by atoms with Gasteiger partial charge in [-0.15, -0.1) is 0 Å². The van der Waals surface area contributed by atoms with Crippen LogP contribution < -0.4 is 0 Å². The summed E-state index contributed by atoms with van der Waals surface area (Å²) in [6.07, 6.45) is 0. The molecule has 0 unspecified atom stereocenters. The molecule has 0 fully saturated rings. The minimum Gasteiger partial charge on any atom is -0.289 e. The van der Waals surface area contributed by atoms with Gasteiger partial charge < -0.3 is 0 Å². The summed E-state index contributed by atoms with van der Waals surface area (Å²) in [5.74, 6) is -0.133. The van der Waals surface area contributed by atoms with E-state index >= 15 is 0 Å². The van der Waals surface area contributed by atoms with Crippen LogP contribution in [-0.2, 0) is 0 Å². The largest absolute Gasteiger partial charge is 0.289 e. The number of hydrogen-bond acceptors (Lipinski definition) is 1. The van der Waals surface area contributed by atoms with Gasteiger partial charge in [-0.3, -0.25) is 4.79 Å². The van der Waals surface area contributed by atoms with Crippen LogP contribution in [0.4, 0.5) is 0 Å². The second-order valence-electron chi connectivity index (χ2n) is 3.59. The lowest BCUT2D eigenvalue weighted by Gasteiger charge is -2.04. The molecule has 2 aromatic rings. The van der Waals surface area contributed by atoms with Crippen molar-refractivity contribution < 1.29 is 4.79 Å². The van der Waals surface area contributed by atoms with E-state index in [2.05, 4.69) is 15.9 Å². The van der Waals surface area contributed by atoms with Crippen LogP contribution in [0, 0.1) is 0 Å². The van der Waals surface area contributed by atoms with Gasteiger partial charge in [-0.2, -0.15) is 0 Å². The van der Waals surface area contributed by atoms with Crippen LogP contribution in [0.5, 0.6) is 0 Å². The first-order chi connectivity index (χ1) is 8.49. The standard InChI is InChI=1S/C13H6BrCl3O/c14-9-5-7(1-3-10(9)15)13(18)8-2-4-11(16)12(17)6-8/h1-6H. The van der Waals surface area contributed by atoms with Crippen LogP contribution in [0.25, 0.3) is 0 Å². The Morgan fingerprint density at radius 3 is 1.94 bits per heavy atom. The van der Waals surface area contributed by atoms with Crippen molar-refractivity contribution in [3.05, 3.63) is 67.1 Å². The number of carbonyl (C=O) groups is 1. The highest BCUT2D eigenvalue weighted by molar-refractivity contribution is 9.10. The fraction of sp³-hybridized carbons (Fsp3) is 0. The SMILES string of the molecule is O=C(c1ccc(Cl)c(Cl)c1)c1ccc(Cl)c(Br)c1. The summed E-state index contributed by atoms with van der Waals surface area (Å²) in [5.41, 5.74) is 1.02. The highest BCUT2D eigenvalue weighted by atomic mass is 79.9. The smallest absolute Gasteiger partial charge is 0.193 e. The molecular weight excluding hydrogens is 358 g/mol. The summed E-state index contributed by atoms with van der Waals surface area (Å²) in [7, 11) is 0. The van der Waals surface area contributed by atoms with Crippen LogP contribution in [-0.4, -0.2) is 5.78 Å². The monoisotopic (exact) mass is 362 g/mol. The zero-order valence-corrected chi connectivity index (χ0v) is 12.7. The van der Waals surface area contributed by atoms with Crippen LogP contribution in [0.1, 0.15) is 15.9 Å². The maximum Gasteiger partial charge on any atom is 0.193 e. The number of ketones is 1. The van der Waals surface area contributed by atoms with Crippen molar-refractivity contribution >= 4 is 56.5 Å². The number of hydrogen-bond donors (Lipinski definition) is 0. The van der Waals surface area contributed by atoms with Crippen molar-refractivity contribution in [2.45, 2.75) is 0 Å². The van der Waals surface area contributed by atoms with Gasteiger partial charge in [-0.1, -0.05) is 34.8 Å². The third kappa shape index (κ3) is 2.89. The number of halogens is 4. The van der Waals surface area contributed by atoms with Gasteiger partial charge in [0, 0.05) is 15.6 Å². The molecule has 18 heavy (non-hydrogen) atoms. The van der Waals surface area contributed by atoms with Gasteiger partial charge >= 0.3 is 0 Å². The van der Waals surface area contributed by atoms with E-state index in [4.69, 9.17) is 34.8 Å². The molecule has 0 aliphatic carbocycles. The fourth-order valence-electron chi connectivity index (χ4n) is 1.44. The first kappa shape index (κ1) is 13.9. The summed E-state index contributed by atoms with van der Waals surface area (Å²) in [6, 6.07) is 9.79. The molecule has 0 N–H and O–H groups in total. The van der Waals surface area contributed by atoms with Crippen LogP contribution in [0.15, 0.2) is 40.9 Å². The minimum atomic E-state index is -0.133. The van der Waals surface area contributed by atoms with Gasteiger partial charge in [0.25, 0.3) is 0 Å². The van der Waals surface area contributed by atoms with Gasteiger partial charge in [0.15, 0.2) is 5.78 Å². The molecule has 92 valence electrons. The Balaban J connectivity index is 2.41. The van der Waals surface area contributed by atoms with Crippen molar-refractivity contribution in [3.8, 4) is 0 Å². The average molecular weight is 364 g/mol. The Bertz CT molecular complexity index is 572. The molecule has 0 atom stereocenters. The molecule has 2 rings (SSSR count). The topological polar surface area (TPSA) is 17.1 Å². The summed E-state index contributed by atoms with van der Waals surface area (Å²) in [6.45, 7) is 0. The molecule has 0 saturated carbocycles. The van der Waals surface area contributed by atoms with E-state index < -0.39 is 0 Å². The third-order valence-electron chi connectivity index (χ3n) is 2.36. The highest BCUT2D eigenvalue weighted by Crippen LogP contribution is 2.27. The van der Waals surface area contributed by atoms with E-state index in [0.29, 0.717) is 30.7 Å². The quantitative estimate of drug-likeness (QED) is 0.630. The molecule has 5 heteroatoms. The molecule has 0 spiro atoms. The van der Waals surface area contributed by atoms with Crippen molar-refractivity contribution in [1.82, 2.24) is 0 Å². The number of benzene rings is 2. The Kier molecular flexibility index (Phi) is 4.33. The van der Waals surface area contributed by atoms with Crippen molar-refractivity contribution in [1.29, 1.82) is 0 Å². The van der Waals surface area contributed by atoms with Gasteiger partial charge in [0.05, 0.1) is 15.1 Å². The molecule has 0 radical (unpaired) electrons. The van der Waals surface area contributed by atoms with E-state index in [1.807, 2.05) is 0 Å². The Morgan fingerprint density at radius 1 is 0.833 bits per heavy atom. The van der Waals surface area contributed by atoms with Crippen molar-refractivity contribution in [2.75, 3.05) is 0 Å². The fourth-order valence-corrected chi connectivity index (χ4v) is 2.24. The number of rotatable bonds is 2. The Hall–Kier alpha value is -0.540. The van der Waals surface area contributed by atoms with Gasteiger partial charge in [0.1, 0.15) is 0 Å². The minimum absolute atomic E-state index is 0.133. The summed E-state index contributed by atoms with van der Waals surface area (Å²) < 4.78 is 0.676. The Labute approximate surface area is 128 Å². The lowest BCUT2D eigenvalue weighted by molar-refractivity contribution is 0.103. The molecule has 1 nitrogen and oxygen atoms in total. The summed E-state index contributed by atoms with van der Waals surface area (Å²) >= 11 is 20.9. The van der Waals surface area contributed by atoms with Crippen LogP contribution in [0.3, 0.4) is 0 Å². The first-order valence-corrected chi connectivity index (χ1v) is 6.86. The molecule has 0 amide bonds. The Morgan fingerprint density at radius 2 is 1.39 bits per heavy atom. The molecule has 0 heterocycles. The zero-order valence-electron chi connectivity index (χ0n) is 8.88. The lowest BCUT2D eigenvalue weighted by Crippen LogP contribution is -2.01. The predicted octanol–water partition coefficient (Wildman–Crippen LogP) is 5.64. The van der Waals surface area contributed by atoms with E-state index in [0.717, 1.165) is 0 Å². The van der Waals surface area contributed by atoms with Crippen molar-refractivity contribution in [2.24, 2.45) is 0 Å². The van der Waals surface area contributed by atoms with Crippen LogP contribution >= 0.6 is 50.7 Å². The van der Waals surface area contributed by atoms with E-state index in [1.165, 1.54) is 0 Å². The molecule has 2 aromatic carbocycles. The summed E-state index contributed by atoms with van der Waals surface area (Å²) in [4.78, 5) is 12.2. The molecule has 0 aliphatic rings. The molecule has 0 aromatic heterocycles. The van der Waals surface area contributed by atoms with Crippen molar-refractivity contribution in [3.63, 3.8) is 0 Å². The molecular formula is C13H6BrCl3O. The maximum atomic E-state index is 12.2. The predicted molar refractivity (Wildman–Crippen MR) is 79.0 cm³/mol.